The second-order valence-electron chi connectivity index (χ2n) is 12.0. The third-order valence-electron chi connectivity index (χ3n) is 7.83. The minimum absolute atomic E-state index is 0.0521. The van der Waals surface area contributed by atoms with Gasteiger partial charge in [-0.05, 0) is 19.3 Å². The van der Waals surface area contributed by atoms with Gasteiger partial charge in [-0.25, -0.2) is 0 Å². The molecule has 1 unspecified atom stereocenters. The summed E-state index contributed by atoms with van der Waals surface area (Å²) < 4.78 is 21.0. The molecule has 1 atom stereocenters. The van der Waals surface area contributed by atoms with Crippen LogP contribution in [0.25, 0.3) is 0 Å². The Balaban J connectivity index is 3.39. The van der Waals surface area contributed by atoms with Gasteiger partial charge in [-0.2, -0.15) is 0 Å². The molecule has 0 amide bonds. The van der Waals surface area contributed by atoms with Crippen LogP contribution in [0.1, 0.15) is 181 Å². The Labute approximate surface area is 259 Å². The van der Waals surface area contributed by atoms with Crippen molar-refractivity contribution in [3.8, 4) is 0 Å². The van der Waals surface area contributed by atoms with Gasteiger partial charge in [0, 0.05) is 6.42 Å². The number of hydrogen-bond donors (Lipinski definition) is 1. The zero-order chi connectivity index (χ0) is 30.8. The Kier molecular flexibility index (Phi) is 33.3. The van der Waals surface area contributed by atoms with Gasteiger partial charge in [0.05, 0.1) is 13.2 Å². The van der Waals surface area contributed by atoms with Gasteiger partial charge < -0.3 is 24.7 Å². The molecule has 0 aromatic carbocycles. The van der Waals surface area contributed by atoms with Crippen LogP contribution in [0, 0.1) is 0 Å². The predicted molar refractivity (Wildman–Crippen MR) is 173 cm³/mol. The topological polar surface area (TPSA) is 97.1 Å². The lowest BCUT2D eigenvalue weighted by Gasteiger charge is -2.12. The molecule has 7 heteroatoms. The molecular formula is C35H69NO6. The van der Waals surface area contributed by atoms with Crippen molar-refractivity contribution >= 4 is 11.9 Å². The Hall–Kier alpha value is -1.18. The average Bonchev–Trinajstić information content (AvgIpc) is 2.99. The number of hydrogen-bond acceptors (Lipinski definition) is 7. The van der Waals surface area contributed by atoms with E-state index >= 15 is 0 Å². The Morgan fingerprint density at radius 2 is 0.833 bits per heavy atom. The highest BCUT2D eigenvalue weighted by molar-refractivity contribution is 5.77. The zero-order valence-corrected chi connectivity index (χ0v) is 27.8. The lowest BCUT2D eigenvalue weighted by molar-refractivity contribution is -0.159. The summed E-state index contributed by atoms with van der Waals surface area (Å²) in [5.74, 6) is -0.975. The van der Waals surface area contributed by atoms with Crippen molar-refractivity contribution in [3.05, 3.63) is 0 Å². The number of nitrogens with two attached hydrogens (primary N) is 1. The van der Waals surface area contributed by atoms with E-state index < -0.39 is 18.0 Å². The fourth-order valence-electron chi connectivity index (χ4n) is 4.99. The van der Waals surface area contributed by atoms with Crippen LogP contribution in [0.2, 0.25) is 0 Å². The molecule has 0 aliphatic heterocycles. The van der Waals surface area contributed by atoms with Crippen LogP contribution in [0.3, 0.4) is 0 Å². The second kappa shape index (κ2) is 34.3. The summed E-state index contributed by atoms with van der Waals surface area (Å²) in [5.41, 5.74) is 5.84. The van der Waals surface area contributed by atoms with E-state index in [-0.39, 0.29) is 26.4 Å². The summed E-state index contributed by atoms with van der Waals surface area (Å²) in [7, 11) is 0. The Bertz CT molecular complexity index is 574. The quantitative estimate of drug-likeness (QED) is 0.0447. The van der Waals surface area contributed by atoms with Gasteiger partial charge in [0.25, 0.3) is 0 Å². The number of ether oxygens (including phenoxy) is 4. The average molecular weight is 600 g/mol. The normalized spacial score (nSPS) is 12.0. The fourth-order valence-corrected chi connectivity index (χ4v) is 4.99. The van der Waals surface area contributed by atoms with Crippen LogP contribution in [0.15, 0.2) is 0 Å². The highest BCUT2D eigenvalue weighted by Gasteiger charge is 2.17. The predicted octanol–water partition coefficient (Wildman–Crippen LogP) is 9.53. The number of esters is 2. The van der Waals surface area contributed by atoms with Gasteiger partial charge in [0.2, 0.25) is 0 Å². The first-order chi connectivity index (χ1) is 20.6. The molecule has 0 saturated carbocycles. The lowest BCUT2D eigenvalue weighted by Crippen LogP contribution is -2.33. The largest absolute Gasteiger partial charge is 0.438 e. The highest BCUT2D eigenvalue weighted by atomic mass is 16.7. The maximum atomic E-state index is 12.0. The number of carbonyl (C=O) groups excluding carboxylic acids is 2. The molecule has 0 radical (unpaired) electrons. The summed E-state index contributed by atoms with van der Waals surface area (Å²) in [4.78, 5) is 23.9. The van der Waals surface area contributed by atoms with Crippen molar-refractivity contribution in [2.75, 3.05) is 26.8 Å². The summed E-state index contributed by atoms with van der Waals surface area (Å²) in [6, 6.07) is -0.866. The molecule has 0 heterocycles. The SMILES string of the molecule is CCCCCCCCCCCCCCOCOC(=O)CCC(N)C(=O)OCOCCCCCCCCCCCCCC. The zero-order valence-electron chi connectivity index (χ0n) is 27.8. The standard InChI is InChI=1S/C35H69NO6/c1-3-5-7-9-11-13-15-17-19-21-23-25-29-39-31-41-34(37)28-27-33(36)35(38)42-32-40-30-26-24-22-20-18-16-14-12-10-8-6-4-2/h33H,3-32,36H2,1-2H3. The molecule has 2 N–H and O–H groups in total. The molecule has 42 heavy (non-hydrogen) atoms. The van der Waals surface area contributed by atoms with Crippen molar-refractivity contribution in [2.24, 2.45) is 5.73 Å². The molecule has 0 fully saturated rings. The maximum Gasteiger partial charge on any atom is 0.325 e. The van der Waals surface area contributed by atoms with E-state index in [2.05, 4.69) is 13.8 Å². The van der Waals surface area contributed by atoms with E-state index in [1.54, 1.807) is 0 Å². The molecule has 0 aromatic rings. The number of unbranched alkanes of at least 4 members (excludes halogenated alkanes) is 22. The van der Waals surface area contributed by atoms with Gasteiger partial charge in [0.15, 0.2) is 13.6 Å². The molecule has 250 valence electrons. The summed E-state index contributed by atoms with van der Waals surface area (Å²) in [5, 5.41) is 0. The number of carbonyl (C=O) groups is 2. The number of rotatable bonds is 34. The first kappa shape index (κ1) is 40.8. The summed E-state index contributed by atoms with van der Waals surface area (Å²) in [6.45, 7) is 5.54. The monoisotopic (exact) mass is 600 g/mol. The van der Waals surface area contributed by atoms with Crippen molar-refractivity contribution in [1.82, 2.24) is 0 Å². The van der Waals surface area contributed by atoms with E-state index in [4.69, 9.17) is 24.7 Å². The van der Waals surface area contributed by atoms with Gasteiger partial charge in [-0.1, -0.05) is 155 Å². The van der Waals surface area contributed by atoms with Crippen molar-refractivity contribution in [3.63, 3.8) is 0 Å². The van der Waals surface area contributed by atoms with Crippen LogP contribution in [0.4, 0.5) is 0 Å². The van der Waals surface area contributed by atoms with Crippen LogP contribution < -0.4 is 5.73 Å². The maximum absolute atomic E-state index is 12.0. The van der Waals surface area contributed by atoms with Gasteiger partial charge >= 0.3 is 11.9 Å². The van der Waals surface area contributed by atoms with Gasteiger partial charge in [-0.15, -0.1) is 0 Å². The lowest BCUT2D eigenvalue weighted by atomic mass is 10.1. The first-order valence-corrected chi connectivity index (χ1v) is 17.8. The third-order valence-corrected chi connectivity index (χ3v) is 7.83. The Morgan fingerprint density at radius 1 is 0.500 bits per heavy atom. The highest BCUT2D eigenvalue weighted by Crippen LogP contribution is 2.13. The smallest absolute Gasteiger partial charge is 0.325 e. The summed E-state index contributed by atoms with van der Waals surface area (Å²) in [6.07, 6.45) is 31.3. The van der Waals surface area contributed by atoms with Crippen LogP contribution in [0.5, 0.6) is 0 Å². The molecular weight excluding hydrogens is 530 g/mol. The molecule has 0 bridgehead atoms. The minimum atomic E-state index is -0.866. The first-order valence-electron chi connectivity index (χ1n) is 17.8. The molecule has 0 spiro atoms. The van der Waals surface area contributed by atoms with Gasteiger partial charge in [0.1, 0.15) is 6.04 Å². The molecule has 0 rings (SSSR count). The molecule has 0 aromatic heterocycles. The van der Waals surface area contributed by atoms with E-state index in [0.29, 0.717) is 13.2 Å². The molecule has 0 aliphatic rings. The van der Waals surface area contributed by atoms with Crippen molar-refractivity contribution < 1.29 is 28.5 Å². The van der Waals surface area contributed by atoms with Crippen LogP contribution in [-0.4, -0.2) is 44.8 Å². The molecule has 0 saturated heterocycles. The second-order valence-corrected chi connectivity index (χ2v) is 12.0. The molecule has 0 aliphatic carbocycles. The minimum Gasteiger partial charge on any atom is -0.438 e. The van der Waals surface area contributed by atoms with Crippen LogP contribution >= 0.6 is 0 Å². The van der Waals surface area contributed by atoms with E-state index in [1.807, 2.05) is 0 Å². The van der Waals surface area contributed by atoms with E-state index in [0.717, 1.165) is 25.7 Å². The Morgan fingerprint density at radius 3 is 1.21 bits per heavy atom. The fraction of sp³-hybridized carbons (Fsp3) is 0.943. The third kappa shape index (κ3) is 31.7. The molecule has 7 nitrogen and oxygen atoms in total. The van der Waals surface area contributed by atoms with E-state index in [9.17, 15) is 9.59 Å². The summed E-state index contributed by atoms with van der Waals surface area (Å²) >= 11 is 0. The van der Waals surface area contributed by atoms with Crippen molar-refractivity contribution in [1.29, 1.82) is 0 Å². The van der Waals surface area contributed by atoms with E-state index in [1.165, 1.54) is 128 Å². The van der Waals surface area contributed by atoms with Crippen LogP contribution in [-0.2, 0) is 28.5 Å². The van der Waals surface area contributed by atoms with Gasteiger partial charge in [-0.3, -0.25) is 9.59 Å². The van der Waals surface area contributed by atoms with Crippen molar-refractivity contribution in [2.45, 2.75) is 187 Å².